The molecule has 0 N–H and O–H groups in total. The van der Waals surface area contributed by atoms with Crippen LogP contribution >= 0.6 is 22.6 Å². The summed E-state index contributed by atoms with van der Waals surface area (Å²) in [7, 11) is 6.25. The van der Waals surface area contributed by atoms with Crippen molar-refractivity contribution in [3.8, 4) is 0 Å². The first kappa shape index (κ1) is 56.7. The van der Waals surface area contributed by atoms with E-state index in [-0.39, 0.29) is 4.61 Å². The Bertz CT molecular complexity index is 541. The van der Waals surface area contributed by atoms with Crippen LogP contribution in [0.25, 0.3) is 0 Å². The maximum atomic E-state index is 9.89. The lowest BCUT2D eigenvalue weighted by Crippen LogP contribution is -2.56. The normalized spacial score (nSPS) is 10.8. The van der Waals surface area contributed by atoms with Gasteiger partial charge in [-0.3, -0.25) is 12.2 Å². The molecule has 0 amide bonds. The first-order valence-electron chi connectivity index (χ1n) is 16.6. The van der Waals surface area contributed by atoms with Crippen molar-refractivity contribution in [2.45, 2.75) is 83.1 Å². The molecule has 0 unspecified atom stereocenters. The molecule has 0 radical (unpaired) electrons. The summed E-state index contributed by atoms with van der Waals surface area (Å²) in [5.74, 6) is -3.44. The summed E-state index contributed by atoms with van der Waals surface area (Å²) in [6, 6.07) is 0. The van der Waals surface area contributed by atoms with E-state index in [0.29, 0.717) is 0 Å². The third-order valence-electron chi connectivity index (χ3n) is 9.51. The van der Waals surface area contributed by atoms with Gasteiger partial charge in [0.15, 0.2) is 5.97 Å². The Hall–Kier alpha value is -0.585. The highest BCUT2D eigenvalue weighted by molar-refractivity contribution is 14.1. The van der Waals surface area contributed by atoms with Crippen molar-refractivity contribution >= 4 is 41.9 Å². The molecular weight excluding hydrogens is 694 g/mol. The number of hydrogen-bond donors (Lipinski definition) is 0. The molecule has 0 rings (SSSR count). The zero-order chi connectivity index (χ0) is 37.3. The molecule has 0 fully saturated rings. The van der Waals surface area contributed by atoms with Crippen LogP contribution in [0.3, 0.4) is 0 Å². The van der Waals surface area contributed by atoms with Gasteiger partial charge in [0.2, 0.25) is 0 Å². The second-order valence-corrected chi connectivity index (χ2v) is 12.1. The highest BCUT2D eigenvalue weighted by atomic mass is 127. The Balaban J connectivity index is -0.000000103. The lowest BCUT2D eigenvalue weighted by atomic mass is 10.3. The van der Waals surface area contributed by atoms with E-state index >= 15 is 0 Å². The van der Waals surface area contributed by atoms with Crippen LogP contribution in [0.15, 0.2) is 0 Å². The summed E-state index contributed by atoms with van der Waals surface area (Å²) in [6.07, 6.45) is 0. The number of nitrogens with zero attached hydrogens (tertiary/aromatic N) is 4. The summed E-state index contributed by atoms with van der Waals surface area (Å²) in [5, 5.41) is 34.8. The summed E-state index contributed by atoms with van der Waals surface area (Å²) >= 11 is 1.73. The van der Waals surface area contributed by atoms with Crippen molar-refractivity contribution in [3.63, 3.8) is 0 Å². The largest absolute Gasteiger partial charge is 0.907 e. The zero-order valence-electron chi connectivity index (χ0n) is 32.2. The quantitative estimate of drug-likeness (QED) is 0.0477. The van der Waals surface area contributed by atoms with Crippen LogP contribution in [0.4, 0.5) is 0 Å². The highest BCUT2D eigenvalue weighted by Crippen LogP contribution is 1.99. The van der Waals surface area contributed by atoms with Gasteiger partial charge >= 0.3 is 5.97 Å². The Labute approximate surface area is 292 Å². The third kappa shape index (κ3) is 39.5. The van der Waals surface area contributed by atoms with Gasteiger partial charge in [-0.2, -0.15) is 4.89 Å². The number of hydrogen-bond acceptors (Lipinski definition) is 8. The average molecular weight is 769 g/mol. The van der Waals surface area contributed by atoms with Crippen LogP contribution in [-0.2, 0) is 19.4 Å². The SMILES string of the molecule is CC[N+](C)(CC)CC.CC[N+](C)(CC)CC.CC[N+](C)(CC)CC.CC[N+](C)(CC)CC.O=C([O-])C(=O)OOCI.[O-]B([O-])[O-]. The molecule has 14 heteroatoms. The van der Waals surface area contributed by atoms with Gasteiger partial charge in [0.05, 0.1) is 107 Å². The topological polar surface area (TPSA) is 145 Å². The van der Waals surface area contributed by atoms with Gasteiger partial charge in [-0.15, -0.1) is 0 Å². The Morgan fingerprint density at radius 1 is 0.511 bits per heavy atom. The van der Waals surface area contributed by atoms with Gasteiger partial charge in [0.1, 0.15) is 4.61 Å². The third-order valence-corrected chi connectivity index (χ3v) is 9.76. The van der Waals surface area contributed by atoms with Crippen LogP contribution in [0.1, 0.15) is 83.1 Å². The molecule has 276 valence electrons. The molecule has 45 heavy (non-hydrogen) atoms. The predicted molar refractivity (Wildman–Crippen MR) is 188 cm³/mol. The number of alkyl halides is 1. The number of carboxylic acids is 1. The minimum atomic E-state index is -2.92. The molecular formula is C31H74BIN4O8. The van der Waals surface area contributed by atoms with Crippen LogP contribution in [0.2, 0.25) is 0 Å². The molecule has 0 saturated heterocycles. The number of aliphatic carboxylic acids is 1. The molecule has 0 bridgehead atoms. The van der Waals surface area contributed by atoms with Crippen LogP contribution < -0.4 is 20.2 Å². The zero-order valence-corrected chi connectivity index (χ0v) is 34.4. The van der Waals surface area contributed by atoms with Gasteiger partial charge in [0, 0.05) is 0 Å². The number of carboxylic acid groups (broad SMARTS) is 1. The Kier molecular flexibility index (Phi) is 43.8. The fourth-order valence-electron chi connectivity index (χ4n) is 2.79. The smallest absolute Gasteiger partial charge is 0.388 e. The first-order valence-corrected chi connectivity index (χ1v) is 18.1. The molecule has 0 aromatic carbocycles. The van der Waals surface area contributed by atoms with E-state index in [1.54, 1.807) is 22.6 Å². The second kappa shape index (κ2) is 34.7. The Morgan fingerprint density at radius 3 is 0.733 bits per heavy atom. The van der Waals surface area contributed by atoms with Gasteiger partial charge in [0.25, 0.3) is 0 Å². The maximum absolute atomic E-state index is 9.89. The van der Waals surface area contributed by atoms with Gasteiger partial charge in [-0.1, -0.05) is 22.6 Å². The van der Waals surface area contributed by atoms with Gasteiger partial charge in [-0.05, 0) is 83.1 Å². The monoisotopic (exact) mass is 768 g/mol. The lowest BCUT2D eigenvalue weighted by Gasteiger charge is -2.35. The number of carbonyl (C=O) groups is 2. The molecule has 0 aliphatic carbocycles. The van der Waals surface area contributed by atoms with Gasteiger partial charge < -0.3 is 42.9 Å². The highest BCUT2D eigenvalue weighted by Gasteiger charge is 2.13. The van der Waals surface area contributed by atoms with E-state index in [2.05, 4.69) is 121 Å². The van der Waals surface area contributed by atoms with Crippen LogP contribution in [0, 0.1) is 0 Å². The van der Waals surface area contributed by atoms with Crippen molar-refractivity contribution in [1.29, 1.82) is 0 Å². The number of carbonyl (C=O) groups excluding carboxylic acids is 2. The van der Waals surface area contributed by atoms with Crippen molar-refractivity contribution in [1.82, 2.24) is 0 Å². The van der Waals surface area contributed by atoms with E-state index in [1.165, 1.54) is 96.5 Å². The van der Waals surface area contributed by atoms with E-state index in [4.69, 9.17) is 15.1 Å². The summed E-state index contributed by atoms with van der Waals surface area (Å²) < 4.78 is 4.91. The molecule has 0 atom stereocenters. The number of rotatable bonds is 14. The van der Waals surface area contributed by atoms with Crippen LogP contribution in [-0.4, -0.2) is 149 Å². The molecule has 12 nitrogen and oxygen atoms in total. The van der Waals surface area contributed by atoms with E-state index in [1.807, 2.05) is 0 Å². The molecule has 0 aromatic heterocycles. The van der Waals surface area contributed by atoms with Crippen molar-refractivity contribution in [2.24, 2.45) is 0 Å². The summed E-state index contributed by atoms with van der Waals surface area (Å²) in [6.45, 7) is 42.0. The van der Waals surface area contributed by atoms with E-state index < -0.39 is 19.3 Å². The average Bonchev–Trinajstić information content (AvgIpc) is 3.06. The number of quaternary nitrogens is 4. The maximum Gasteiger partial charge on any atom is 0.388 e. The Morgan fingerprint density at radius 2 is 0.667 bits per heavy atom. The molecule has 0 aromatic rings. The van der Waals surface area contributed by atoms with Crippen LogP contribution in [0.5, 0.6) is 0 Å². The predicted octanol–water partition coefficient (Wildman–Crippen LogP) is 0.627. The number of halogens is 1. The van der Waals surface area contributed by atoms with Crippen molar-refractivity contribution in [2.75, 3.05) is 111 Å². The summed E-state index contributed by atoms with van der Waals surface area (Å²) in [4.78, 5) is 27.0. The molecule has 0 aliphatic rings. The second-order valence-electron chi connectivity index (χ2n) is 11.4. The molecule has 0 saturated carbocycles. The summed E-state index contributed by atoms with van der Waals surface area (Å²) in [5.41, 5.74) is 0. The first-order chi connectivity index (χ1) is 20.6. The minimum absolute atomic E-state index is 0.0801. The fraction of sp³-hybridized carbons (Fsp3) is 0.935. The van der Waals surface area contributed by atoms with Crippen molar-refractivity contribution in [3.05, 3.63) is 0 Å². The van der Waals surface area contributed by atoms with Gasteiger partial charge in [-0.25, -0.2) is 4.79 Å². The van der Waals surface area contributed by atoms with E-state index in [9.17, 15) is 14.7 Å². The molecule has 0 aliphatic heterocycles. The lowest BCUT2D eigenvalue weighted by molar-refractivity contribution is -0.904. The van der Waals surface area contributed by atoms with Crippen molar-refractivity contribution < 1.29 is 57.5 Å². The van der Waals surface area contributed by atoms with E-state index in [0.717, 1.165) is 0 Å². The molecule has 0 spiro atoms. The minimum Gasteiger partial charge on any atom is -0.907 e. The fourth-order valence-corrected chi connectivity index (χ4v) is 2.92. The molecule has 0 heterocycles. The standard InChI is InChI=1S/4C7H18N.C3H3IO5.BO3/c4*1-5-8(4,6-2)7-3;4-1-8-9-3(7)2(5)6;2-1(3)4/h4*5-7H2,1-4H3;1H2,(H,5,6);/q4*+1;;-3/p-1.